The molecule has 4 rings (SSSR count). The molecule has 2 aromatic carbocycles. The molecule has 4 heteroatoms. The second kappa shape index (κ2) is 9.71. The fraction of sp³-hybridized carbons (Fsp3) is 0.467. The first-order valence-corrected chi connectivity index (χ1v) is 21.4. The van der Waals surface area contributed by atoms with E-state index in [2.05, 4.69) is 110 Å². The molecule has 0 nitrogen and oxygen atoms in total. The van der Waals surface area contributed by atoms with Gasteiger partial charge in [-0.25, -0.2) is 0 Å². The van der Waals surface area contributed by atoms with E-state index in [-0.39, 0.29) is 24.8 Å². The van der Waals surface area contributed by atoms with E-state index in [1.165, 1.54) is 33.4 Å². The molecule has 0 fully saturated rings. The average Bonchev–Trinajstić information content (AvgIpc) is 3.30. The van der Waals surface area contributed by atoms with Gasteiger partial charge in [-0.05, 0) is 0 Å². The maximum atomic E-state index is 2.77. The van der Waals surface area contributed by atoms with Gasteiger partial charge in [0, 0.05) is 0 Å². The Bertz CT molecular complexity index is 1170. The molecule has 0 aromatic heterocycles. The van der Waals surface area contributed by atoms with Gasteiger partial charge in [-0.2, -0.15) is 0 Å². The molecule has 2 aromatic rings. The minimum atomic E-state index is -3.23. The summed E-state index contributed by atoms with van der Waals surface area (Å²) >= 11 is -3.23. The summed E-state index contributed by atoms with van der Waals surface area (Å²) < 4.78 is 1.19. The molecule has 0 aliphatic heterocycles. The zero-order valence-corrected chi connectivity index (χ0v) is 27.4. The molecular weight excluding hydrogens is 507 g/mol. The van der Waals surface area contributed by atoms with Crippen LogP contribution < -0.4 is 0 Å². The third-order valence-electron chi connectivity index (χ3n) is 8.54. The fourth-order valence-electron chi connectivity index (χ4n) is 6.90. The van der Waals surface area contributed by atoms with Crippen molar-refractivity contribution in [1.82, 2.24) is 0 Å². The Morgan fingerprint density at radius 1 is 0.618 bits per heavy atom. The van der Waals surface area contributed by atoms with E-state index in [1.807, 2.05) is 0 Å². The van der Waals surface area contributed by atoms with Crippen molar-refractivity contribution < 1.29 is 14.0 Å². The van der Waals surface area contributed by atoms with Crippen molar-refractivity contribution in [3.8, 4) is 0 Å². The fourth-order valence-corrected chi connectivity index (χ4v) is 19.9. The van der Waals surface area contributed by atoms with Gasteiger partial charge in [-0.15, -0.1) is 24.8 Å². The molecule has 2 aliphatic rings. The van der Waals surface area contributed by atoms with Crippen LogP contribution in [0.5, 0.6) is 0 Å². The van der Waals surface area contributed by atoms with Gasteiger partial charge >= 0.3 is 200 Å². The van der Waals surface area contributed by atoms with Crippen molar-refractivity contribution in [2.45, 2.75) is 74.3 Å². The standard InChI is InChI=1S/2C14H17.2CH3.2ClH.H2Si.Ti/c2*1-9(2)12-7-13-10(3)5-6-11(4)14(13)8-12;;;;;;/h2*5-9H,1-4H3;2*1H3;2*1H;1H2;. The van der Waals surface area contributed by atoms with E-state index < -0.39 is 14.0 Å². The summed E-state index contributed by atoms with van der Waals surface area (Å²) in [6, 6.07) is 9.41. The van der Waals surface area contributed by atoms with Crippen LogP contribution >= 0.6 is 24.8 Å². The van der Waals surface area contributed by atoms with Crippen LogP contribution in [0.15, 0.2) is 35.4 Å². The smallest absolute Gasteiger partial charge is 0.147 e. The molecule has 0 saturated carbocycles. The molecule has 0 N–H and O–H groups in total. The topological polar surface area (TPSA) is 0 Å². The van der Waals surface area contributed by atoms with Gasteiger partial charge in [0.25, 0.3) is 0 Å². The maximum absolute atomic E-state index is 3.23. The van der Waals surface area contributed by atoms with Crippen LogP contribution in [0.25, 0.3) is 12.2 Å². The molecule has 2 unspecified atom stereocenters. The van der Waals surface area contributed by atoms with Gasteiger partial charge in [-0.3, -0.25) is 0 Å². The van der Waals surface area contributed by atoms with Crippen molar-refractivity contribution in [3.63, 3.8) is 0 Å². The van der Waals surface area contributed by atoms with Crippen LogP contribution in [0.4, 0.5) is 0 Å². The minimum absolute atomic E-state index is 0. The second-order valence-electron chi connectivity index (χ2n) is 12.5. The summed E-state index contributed by atoms with van der Waals surface area (Å²) in [5, 5.41) is 5.54. The zero-order chi connectivity index (χ0) is 23.8. The zero-order valence-electron chi connectivity index (χ0n) is 22.8. The number of fused-ring (bicyclic) bond motifs is 2. The van der Waals surface area contributed by atoms with E-state index in [4.69, 9.17) is 0 Å². The van der Waals surface area contributed by atoms with Crippen LogP contribution in [0.3, 0.4) is 0 Å². The number of halogens is 2. The first-order chi connectivity index (χ1) is 14.7. The summed E-state index contributed by atoms with van der Waals surface area (Å²) in [5.74, 6) is 1.15. The van der Waals surface area contributed by atoms with E-state index >= 15 is 0 Å². The van der Waals surface area contributed by atoms with Crippen LogP contribution in [0.1, 0.15) is 80.6 Å². The number of hydrogen-bond donors (Lipinski definition) is 0. The van der Waals surface area contributed by atoms with E-state index in [9.17, 15) is 0 Å². The molecule has 0 saturated heterocycles. The molecule has 0 heterocycles. The molecular formula is C30H44Cl2SiTi. The van der Waals surface area contributed by atoms with E-state index in [0.29, 0.717) is 20.3 Å². The summed E-state index contributed by atoms with van der Waals surface area (Å²) in [7, 11) is 2.47. The van der Waals surface area contributed by atoms with Crippen LogP contribution in [0, 0.1) is 39.5 Å². The van der Waals surface area contributed by atoms with Gasteiger partial charge in [0.15, 0.2) is 0 Å². The molecule has 0 spiro atoms. The molecule has 0 amide bonds. The Morgan fingerprint density at radius 3 is 1.21 bits per heavy atom. The first-order valence-electron chi connectivity index (χ1n) is 12.4. The maximum Gasteiger partial charge on any atom is -0.147 e. The van der Waals surface area contributed by atoms with Crippen LogP contribution in [0.2, 0.25) is 10.5 Å². The van der Waals surface area contributed by atoms with E-state index in [1.54, 1.807) is 22.3 Å². The Balaban J connectivity index is 0.00000204. The number of allylic oxidation sites excluding steroid dienone is 2. The van der Waals surface area contributed by atoms with Crippen molar-refractivity contribution in [1.29, 1.82) is 0 Å². The summed E-state index contributed by atoms with van der Waals surface area (Å²) in [5.41, 5.74) is 15.6. The average molecular weight is 552 g/mol. The molecule has 2 atom stereocenters. The van der Waals surface area contributed by atoms with Crippen molar-refractivity contribution in [3.05, 3.63) is 79.9 Å². The Morgan fingerprint density at radius 2 is 0.912 bits per heavy atom. The third kappa shape index (κ3) is 4.39. The van der Waals surface area contributed by atoms with Gasteiger partial charge in [0.05, 0.1) is 0 Å². The monoisotopic (exact) mass is 550 g/mol. The molecule has 0 radical (unpaired) electrons. The Hall–Kier alpha value is -0.569. The second-order valence-corrected chi connectivity index (χ2v) is 32.6. The molecule has 186 valence electrons. The third-order valence-corrected chi connectivity index (χ3v) is 19.8. The predicted molar refractivity (Wildman–Crippen MR) is 158 cm³/mol. The summed E-state index contributed by atoms with van der Waals surface area (Å²) in [6.07, 6.45) is 5.18. The summed E-state index contributed by atoms with van der Waals surface area (Å²) in [6.45, 7) is 19.0. The van der Waals surface area contributed by atoms with Gasteiger partial charge in [-0.1, -0.05) is 0 Å². The predicted octanol–water partition coefficient (Wildman–Crippen LogP) is 8.99. The number of rotatable bonds is 4. The van der Waals surface area contributed by atoms with Crippen molar-refractivity contribution in [2.75, 3.05) is 0 Å². The van der Waals surface area contributed by atoms with Crippen molar-refractivity contribution in [2.24, 2.45) is 11.8 Å². The van der Waals surface area contributed by atoms with Crippen molar-refractivity contribution >= 4 is 44.6 Å². The number of aryl methyl sites for hydroxylation is 4. The first kappa shape index (κ1) is 29.7. The Labute approximate surface area is 223 Å². The minimum Gasteiger partial charge on any atom is -0.147 e. The molecule has 2 aliphatic carbocycles. The van der Waals surface area contributed by atoms with E-state index in [0.717, 1.165) is 0 Å². The number of benzene rings is 2. The molecule has 0 bridgehead atoms. The Kier molecular flexibility index (Phi) is 8.47. The quantitative estimate of drug-likeness (QED) is 0.333. The van der Waals surface area contributed by atoms with Gasteiger partial charge in [0.2, 0.25) is 0 Å². The largest absolute Gasteiger partial charge is 0.147 e. The number of hydrogen-bond acceptors (Lipinski definition) is 0. The van der Waals surface area contributed by atoms with Crippen LogP contribution in [-0.4, -0.2) is 7.63 Å². The summed E-state index contributed by atoms with van der Waals surface area (Å²) in [4.78, 5) is 0. The van der Waals surface area contributed by atoms with Crippen LogP contribution in [-0.2, 0) is 14.0 Å². The normalized spacial score (nSPS) is 19.3. The van der Waals surface area contributed by atoms with Gasteiger partial charge in [0.1, 0.15) is 0 Å². The molecule has 34 heavy (non-hydrogen) atoms. The van der Waals surface area contributed by atoms with Gasteiger partial charge < -0.3 is 0 Å². The SMILES string of the molecule is Cc1ccc(C)c2c1C=C(C(C)C)[CH]2[Ti]([CH3])([CH3])(=[SiH2])[CH]1C(C(C)C)=Cc2c(C)ccc(C)c21.Cl.Cl.